The molecule has 2 rings (SSSR count). The summed E-state index contributed by atoms with van der Waals surface area (Å²) < 4.78 is 25.0. The van der Waals surface area contributed by atoms with Crippen molar-refractivity contribution in [2.24, 2.45) is 11.8 Å². The third-order valence-electron chi connectivity index (χ3n) is 4.47. The van der Waals surface area contributed by atoms with Crippen LogP contribution in [0.25, 0.3) is 0 Å². The zero-order valence-corrected chi connectivity index (χ0v) is 13.9. The molecule has 3 atom stereocenters. The number of halogens is 1. The Bertz CT molecular complexity index is 568. The molecule has 1 aliphatic rings. The molecule has 3 unspecified atom stereocenters. The number of nitrogens with zero attached hydrogens (tertiary/aromatic N) is 2. The van der Waals surface area contributed by atoms with Crippen molar-refractivity contribution in [3.05, 3.63) is 12.0 Å². The average molecular weight is 319 g/mol. The van der Waals surface area contributed by atoms with E-state index in [1.54, 1.807) is 6.20 Å². The van der Waals surface area contributed by atoms with Crippen LogP contribution in [-0.4, -0.2) is 18.0 Å². The van der Waals surface area contributed by atoms with Crippen LogP contribution in [0.2, 0.25) is 0 Å². The predicted octanol–water partition coefficient (Wildman–Crippen LogP) is 3.76. The first-order valence-corrected chi connectivity index (χ1v) is 9.66. The SMILES string of the molecule is CCCc1nc(S(=O)(=O)Cl)cn1C1CCC(C)C(C)C1. The first-order valence-electron chi connectivity index (χ1n) is 7.35. The van der Waals surface area contributed by atoms with Gasteiger partial charge in [-0.25, -0.2) is 13.4 Å². The second-order valence-electron chi connectivity index (χ2n) is 6.01. The van der Waals surface area contributed by atoms with Gasteiger partial charge in [0.25, 0.3) is 9.05 Å². The lowest BCUT2D eigenvalue weighted by Gasteiger charge is -2.33. The monoisotopic (exact) mass is 318 g/mol. The number of hydrogen-bond donors (Lipinski definition) is 0. The van der Waals surface area contributed by atoms with E-state index in [1.165, 1.54) is 6.42 Å². The summed E-state index contributed by atoms with van der Waals surface area (Å²) in [6, 6.07) is 0.349. The quantitative estimate of drug-likeness (QED) is 0.794. The molecule has 1 fully saturated rings. The van der Waals surface area contributed by atoms with Crippen molar-refractivity contribution in [3.63, 3.8) is 0 Å². The van der Waals surface area contributed by atoms with Crippen molar-refractivity contribution in [2.75, 3.05) is 0 Å². The lowest BCUT2D eigenvalue weighted by molar-refractivity contribution is 0.208. The highest BCUT2D eigenvalue weighted by molar-refractivity contribution is 8.13. The minimum absolute atomic E-state index is 0.00566. The Hall–Kier alpha value is -0.550. The topological polar surface area (TPSA) is 52.0 Å². The zero-order chi connectivity index (χ0) is 14.9. The number of imidazole rings is 1. The van der Waals surface area contributed by atoms with Crippen LogP contribution in [0.15, 0.2) is 11.2 Å². The molecule has 6 heteroatoms. The highest BCUT2D eigenvalue weighted by Gasteiger charge is 2.28. The number of hydrogen-bond acceptors (Lipinski definition) is 3. The van der Waals surface area contributed by atoms with Crippen LogP contribution in [0.4, 0.5) is 0 Å². The number of rotatable bonds is 4. The van der Waals surface area contributed by atoms with Crippen LogP contribution in [0.5, 0.6) is 0 Å². The predicted molar refractivity (Wildman–Crippen MR) is 80.5 cm³/mol. The summed E-state index contributed by atoms with van der Waals surface area (Å²) in [6.07, 6.45) is 6.69. The van der Waals surface area contributed by atoms with Gasteiger partial charge in [-0.15, -0.1) is 0 Å². The van der Waals surface area contributed by atoms with Crippen LogP contribution >= 0.6 is 10.7 Å². The van der Waals surface area contributed by atoms with Crippen molar-refractivity contribution in [3.8, 4) is 0 Å². The second kappa shape index (κ2) is 6.06. The largest absolute Gasteiger partial charge is 0.330 e. The molecule has 4 nitrogen and oxygen atoms in total. The fourth-order valence-electron chi connectivity index (χ4n) is 3.02. The summed E-state index contributed by atoms with van der Waals surface area (Å²) in [7, 11) is 1.69. The summed E-state index contributed by atoms with van der Waals surface area (Å²) in [6.45, 7) is 6.63. The van der Waals surface area contributed by atoms with Crippen molar-refractivity contribution < 1.29 is 8.42 Å². The lowest BCUT2D eigenvalue weighted by Crippen LogP contribution is -2.24. The Kier molecular flexibility index (Phi) is 4.80. The molecule has 0 spiro atoms. The lowest BCUT2D eigenvalue weighted by atomic mass is 9.79. The van der Waals surface area contributed by atoms with Crippen LogP contribution in [0.3, 0.4) is 0 Å². The Morgan fingerprint density at radius 3 is 2.60 bits per heavy atom. The van der Waals surface area contributed by atoms with Crippen molar-refractivity contribution >= 4 is 19.7 Å². The van der Waals surface area contributed by atoms with E-state index in [0.29, 0.717) is 12.0 Å². The summed E-state index contributed by atoms with van der Waals surface area (Å²) in [4.78, 5) is 4.23. The van der Waals surface area contributed by atoms with Gasteiger partial charge in [0.2, 0.25) is 0 Å². The molecule has 0 N–H and O–H groups in total. The van der Waals surface area contributed by atoms with Gasteiger partial charge in [0.15, 0.2) is 5.03 Å². The second-order valence-corrected chi connectivity index (χ2v) is 8.52. The van der Waals surface area contributed by atoms with Crippen LogP contribution in [-0.2, 0) is 15.5 Å². The highest BCUT2D eigenvalue weighted by atomic mass is 35.7. The van der Waals surface area contributed by atoms with Gasteiger partial charge in [-0.3, -0.25) is 0 Å². The van der Waals surface area contributed by atoms with E-state index < -0.39 is 9.05 Å². The standard InChI is InChI=1S/C14H23ClN2O2S/c1-4-5-13-16-14(20(15,18)19)9-17(13)12-7-6-10(2)11(3)8-12/h9-12H,4-8H2,1-3H3. The van der Waals surface area contributed by atoms with E-state index in [2.05, 4.69) is 30.3 Å². The van der Waals surface area contributed by atoms with Gasteiger partial charge in [-0.1, -0.05) is 20.8 Å². The molecule has 0 radical (unpaired) electrons. The fourth-order valence-corrected chi connectivity index (χ4v) is 3.70. The molecule has 20 heavy (non-hydrogen) atoms. The van der Waals surface area contributed by atoms with Gasteiger partial charge in [-0.05, 0) is 37.5 Å². The fraction of sp³-hybridized carbons (Fsp3) is 0.786. The van der Waals surface area contributed by atoms with Crippen molar-refractivity contribution in [1.82, 2.24) is 9.55 Å². The van der Waals surface area contributed by atoms with E-state index in [0.717, 1.165) is 37.4 Å². The van der Waals surface area contributed by atoms with E-state index >= 15 is 0 Å². The molecule has 1 aliphatic carbocycles. The molecule has 1 aromatic rings. The van der Waals surface area contributed by atoms with Gasteiger partial charge < -0.3 is 4.57 Å². The molecule has 114 valence electrons. The van der Waals surface area contributed by atoms with E-state index in [1.807, 2.05) is 0 Å². The van der Waals surface area contributed by atoms with Crippen molar-refractivity contribution in [2.45, 2.75) is 63.9 Å². The summed E-state index contributed by atoms with van der Waals surface area (Å²) >= 11 is 0. The first-order chi connectivity index (χ1) is 9.32. The Morgan fingerprint density at radius 1 is 1.35 bits per heavy atom. The summed E-state index contributed by atoms with van der Waals surface area (Å²) in [5.74, 6) is 2.24. The minimum Gasteiger partial charge on any atom is -0.330 e. The number of aryl methyl sites for hydroxylation is 1. The first kappa shape index (κ1) is 15.8. The average Bonchev–Trinajstić information content (AvgIpc) is 2.77. The highest BCUT2D eigenvalue weighted by Crippen LogP contribution is 2.37. The van der Waals surface area contributed by atoms with E-state index in [4.69, 9.17) is 10.7 Å². The molecule has 1 aromatic heterocycles. The normalized spacial score (nSPS) is 27.7. The minimum atomic E-state index is -3.75. The molecule has 0 bridgehead atoms. The Labute approximate surface area is 126 Å². The third kappa shape index (κ3) is 3.37. The Balaban J connectivity index is 2.32. The van der Waals surface area contributed by atoms with Gasteiger partial charge in [0, 0.05) is 29.3 Å². The molecule has 0 aliphatic heterocycles. The molecule has 1 heterocycles. The van der Waals surface area contributed by atoms with Crippen LogP contribution in [0.1, 0.15) is 58.3 Å². The van der Waals surface area contributed by atoms with Gasteiger partial charge in [-0.2, -0.15) is 0 Å². The zero-order valence-electron chi connectivity index (χ0n) is 12.3. The molecule has 0 aromatic carbocycles. The molecular formula is C14H23ClN2O2S. The maximum absolute atomic E-state index is 11.5. The molecule has 0 amide bonds. The van der Waals surface area contributed by atoms with Gasteiger partial charge in [0.1, 0.15) is 5.82 Å². The Morgan fingerprint density at radius 2 is 2.05 bits per heavy atom. The maximum atomic E-state index is 11.5. The van der Waals surface area contributed by atoms with Gasteiger partial charge >= 0.3 is 0 Å². The molecule has 1 saturated carbocycles. The van der Waals surface area contributed by atoms with Crippen LogP contribution < -0.4 is 0 Å². The van der Waals surface area contributed by atoms with E-state index in [9.17, 15) is 8.42 Å². The molecular weight excluding hydrogens is 296 g/mol. The molecule has 0 saturated heterocycles. The summed E-state index contributed by atoms with van der Waals surface area (Å²) in [5, 5.41) is -0.00566. The van der Waals surface area contributed by atoms with E-state index in [-0.39, 0.29) is 5.03 Å². The maximum Gasteiger partial charge on any atom is 0.280 e. The number of aromatic nitrogens is 2. The summed E-state index contributed by atoms with van der Waals surface area (Å²) in [5.41, 5.74) is 0. The third-order valence-corrected chi connectivity index (χ3v) is 5.64. The van der Waals surface area contributed by atoms with Crippen molar-refractivity contribution in [1.29, 1.82) is 0 Å². The van der Waals surface area contributed by atoms with Crippen LogP contribution in [0, 0.1) is 11.8 Å². The smallest absolute Gasteiger partial charge is 0.280 e. The van der Waals surface area contributed by atoms with Gasteiger partial charge in [0.05, 0.1) is 0 Å².